The molecule has 0 spiro atoms. The third-order valence-electron chi connectivity index (χ3n) is 3.64. The van der Waals surface area contributed by atoms with Gasteiger partial charge in [-0.25, -0.2) is 4.79 Å². The largest absolute Gasteiger partial charge is 0.471 e. The summed E-state index contributed by atoms with van der Waals surface area (Å²) in [5.74, 6) is 1.12. The maximum atomic E-state index is 12.1. The number of para-hydroxylation sites is 1. The maximum Gasteiger partial charge on any atom is 0.322 e. The second-order valence-corrected chi connectivity index (χ2v) is 6.14. The highest BCUT2D eigenvalue weighted by Crippen LogP contribution is 2.26. The molecular weight excluding hydrogens is 302 g/mol. The van der Waals surface area contributed by atoms with Crippen LogP contribution in [0.25, 0.3) is 0 Å². The Morgan fingerprint density at radius 1 is 1.12 bits per heavy atom. The van der Waals surface area contributed by atoms with Crippen LogP contribution in [0, 0.1) is 6.92 Å². The van der Waals surface area contributed by atoms with Crippen LogP contribution >= 0.6 is 0 Å². The molecule has 128 valence electrons. The Labute approximate surface area is 143 Å². The third kappa shape index (κ3) is 4.65. The van der Waals surface area contributed by atoms with Crippen molar-refractivity contribution in [2.24, 2.45) is 0 Å². The fourth-order valence-electron chi connectivity index (χ4n) is 2.41. The minimum atomic E-state index is -0.476. The molecule has 0 fully saturated rings. The van der Waals surface area contributed by atoms with E-state index in [0.29, 0.717) is 17.3 Å². The molecule has 2 aromatic carbocycles. The standard InChI is InChI=1S/C19H25N3O2/c1-12(2)15-7-5-6-8-18(15)24-14(4)21-19(23)22-17-11-13(3)9-10-16(17)20/h5-12,14H,20H2,1-4H3,(H2,21,22,23). The van der Waals surface area contributed by atoms with Gasteiger partial charge < -0.3 is 21.1 Å². The third-order valence-corrected chi connectivity index (χ3v) is 3.64. The molecule has 5 heteroatoms. The molecule has 0 saturated heterocycles. The van der Waals surface area contributed by atoms with Crippen molar-refractivity contribution in [3.8, 4) is 5.75 Å². The molecule has 5 nitrogen and oxygen atoms in total. The van der Waals surface area contributed by atoms with Crippen LogP contribution in [-0.4, -0.2) is 12.3 Å². The highest BCUT2D eigenvalue weighted by molar-refractivity contribution is 5.92. The number of nitrogen functional groups attached to an aromatic ring is 1. The SMILES string of the molecule is Cc1ccc(N)c(NC(=O)NC(C)Oc2ccccc2C(C)C)c1. The van der Waals surface area contributed by atoms with Crippen LogP contribution in [0.1, 0.15) is 37.8 Å². The first-order valence-corrected chi connectivity index (χ1v) is 8.06. The molecule has 0 aliphatic heterocycles. The minimum Gasteiger partial charge on any atom is -0.471 e. The lowest BCUT2D eigenvalue weighted by molar-refractivity contribution is 0.181. The molecule has 1 atom stereocenters. The topological polar surface area (TPSA) is 76.4 Å². The van der Waals surface area contributed by atoms with Crippen LogP contribution in [0.5, 0.6) is 5.75 Å². The van der Waals surface area contributed by atoms with Gasteiger partial charge in [-0.1, -0.05) is 38.1 Å². The summed E-state index contributed by atoms with van der Waals surface area (Å²) in [5, 5.41) is 5.51. The number of hydrogen-bond acceptors (Lipinski definition) is 3. The molecule has 24 heavy (non-hydrogen) atoms. The number of aryl methyl sites for hydroxylation is 1. The second kappa shape index (κ2) is 7.73. The molecule has 0 aromatic heterocycles. The van der Waals surface area contributed by atoms with Crippen molar-refractivity contribution in [1.29, 1.82) is 0 Å². The van der Waals surface area contributed by atoms with E-state index in [1.807, 2.05) is 43.3 Å². The van der Waals surface area contributed by atoms with Crippen LogP contribution in [0.4, 0.5) is 16.2 Å². The Morgan fingerprint density at radius 2 is 1.83 bits per heavy atom. The van der Waals surface area contributed by atoms with Gasteiger partial charge in [0.15, 0.2) is 6.23 Å². The van der Waals surface area contributed by atoms with Crippen molar-refractivity contribution in [3.63, 3.8) is 0 Å². The van der Waals surface area contributed by atoms with Gasteiger partial charge in [0.25, 0.3) is 0 Å². The van der Waals surface area contributed by atoms with E-state index in [2.05, 4.69) is 24.5 Å². The molecular formula is C19H25N3O2. The van der Waals surface area contributed by atoms with Crippen molar-refractivity contribution < 1.29 is 9.53 Å². The quantitative estimate of drug-likeness (QED) is 0.567. The number of amides is 2. The highest BCUT2D eigenvalue weighted by atomic mass is 16.5. The summed E-state index contributed by atoms with van der Waals surface area (Å²) in [7, 11) is 0. The van der Waals surface area contributed by atoms with E-state index in [9.17, 15) is 4.79 Å². The van der Waals surface area contributed by atoms with E-state index in [1.54, 1.807) is 13.0 Å². The number of rotatable bonds is 5. The van der Waals surface area contributed by atoms with E-state index in [1.165, 1.54) is 0 Å². The summed E-state index contributed by atoms with van der Waals surface area (Å²) in [6.07, 6.45) is -0.476. The van der Waals surface area contributed by atoms with Crippen LogP contribution in [-0.2, 0) is 0 Å². The summed E-state index contributed by atoms with van der Waals surface area (Å²) in [6.45, 7) is 7.94. The van der Waals surface area contributed by atoms with E-state index in [-0.39, 0.29) is 6.03 Å². The lowest BCUT2D eigenvalue weighted by atomic mass is 10.0. The van der Waals surface area contributed by atoms with Crippen molar-refractivity contribution >= 4 is 17.4 Å². The van der Waals surface area contributed by atoms with Gasteiger partial charge in [-0.15, -0.1) is 0 Å². The Balaban J connectivity index is 1.98. The van der Waals surface area contributed by atoms with Gasteiger partial charge in [0.2, 0.25) is 0 Å². The zero-order valence-electron chi connectivity index (χ0n) is 14.6. The van der Waals surface area contributed by atoms with Gasteiger partial charge in [0, 0.05) is 0 Å². The number of anilines is 2. The zero-order chi connectivity index (χ0) is 17.7. The molecule has 0 heterocycles. The van der Waals surface area contributed by atoms with Gasteiger partial charge in [-0.3, -0.25) is 0 Å². The number of benzene rings is 2. The van der Waals surface area contributed by atoms with Crippen molar-refractivity contribution in [2.45, 2.75) is 39.8 Å². The smallest absolute Gasteiger partial charge is 0.322 e. The van der Waals surface area contributed by atoms with Crippen molar-refractivity contribution in [2.75, 3.05) is 11.1 Å². The number of nitrogens with one attached hydrogen (secondary N) is 2. The number of carbonyl (C=O) groups excluding carboxylic acids is 1. The summed E-state index contributed by atoms with van der Waals surface area (Å²) in [6, 6.07) is 13.0. The molecule has 0 radical (unpaired) electrons. The molecule has 0 aliphatic rings. The van der Waals surface area contributed by atoms with Gasteiger partial charge >= 0.3 is 6.03 Å². The van der Waals surface area contributed by atoms with Gasteiger partial charge in [-0.2, -0.15) is 0 Å². The Morgan fingerprint density at radius 3 is 2.54 bits per heavy atom. The molecule has 0 bridgehead atoms. The lowest BCUT2D eigenvalue weighted by Crippen LogP contribution is -2.39. The van der Waals surface area contributed by atoms with Crippen molar-refractivity contribution in [3.05, 3.63) is 53.6 Å². The summed E-state index contributed by atoms with van der Waals surface area (Å²) in [4.78, 5) is 12.1. The number of hydrogen-bond donors (Lipinski definition) is 3. The van der Waals surface area contributed by atoms with Crippen LogP contribution in [0.15, 0.2) is 42.5 Å². The Kier molecular flexibility index (Phi) is 5.68. The predicted octanol–water partition coefficient (Wildman–Crippen LogP) is 4.25. The number of ether oxygens (including phenoxy) is 1. The highest BCUT2D eigenvalue weighted by Gasteiger charge is 2.13. The van der Waals surface area contributed by atoms with E-state index in [0.717, 1.165) is 16.9 Å². The fraction of sp³-hybridized carbons (Fsp3) is 0.316. The van der Waals surface area contributed by atoms with Crippen LogP contribution < -0.4 is 21.1 Å². The monoisotopic (exact) mass is 327 g/mol. The second-order valence-electron chi connectivity index (χ2n) is 6.14. The minimum absolute atomic E-state index is 0.342. The van der Waals surface area contributed by atoms with E-state index in [4.69, 9.17) is 10.5 Å². The van der Waals surface area contributed by atoms with Gasteiger partial charge in [-0.05, 0) is 49.1 Å². The van der Waals surface area contributed by atoms with Crippen molar-refractivity contribution in [1.82, 2.24) is 5.32 Å². The molecule has 0 saturated carbocycles. The van der Waals surface area contributed by atoms with E-state index >= 15 is 0 Å². The summed E-state index contributed by atoms with van der Waals surface area (Å²) in [5.41, 5.74) is 9.11. The molecule has 4 N–H and O–H groups in total. The fourth-order valence-corrected chi connectivity index (χ4v) is 2.41. The Hall–Kier alpha value is -2.69. The zero-order valence-corrected chi connectivity index (χ0v) is 14.6. The number of nitrogens with two attached hydrogens (primary N) is 1. The first kappa shape index (κ1) is 17.7. The Bertz CT molecular complexity index is 714. The van der Waals surface area contributed by atoms with Crippen LogP contribution in [0.3, 0.4) is 0 Å². The average Bonchev–Trinajstić information content (AvgIpc) is 2.51. The normalized spacial score (nSPS) is 11.9. The molecule has 2 aromatic rings. The first-order valence-electron chi connectivity index (χ1n) is 8.06. The molecule has 1 unspecified atom stereocenters. The predicted molar refractivity (Wildman–Crippen MR) is 98.4 cm³/mol. The molecule has 2 amide bonds. The maximum absolute atomic E-state index is 12.1. The lowest BCUT2D eigenvalue weighted by Gasteiger charge is -2.20. The van der Waals surface area contributed by atoms with Gasteiger partial charge in [0.05, 0.1) is 11.4 Å². The summed E-state index contributed by atoms with van der Waals surface area (Å²) >= 11 is 0. The van der Waals surface area contributed by atoms with Gasteiger partial charge in [0.1, 0.15) is 5.75 Å². The molecule has 2 rings (SSSR count). The molecule has 0 aliphatic carbocycles. The first-order chi connectivity index (χ1) is 11.4. The number of carbonyl (C=O) groups is 1. The van der Waals surface area contributed by atoms with Crippen LogP contribution in [0.2, 0.25) is 0 Å². The summed E-state index contributed by atoms with van der Waals surface area (Å²) < 4.78 is 5.87. The average molecular weight is 327 g/mol. The number of urea groups is 1. The van der Waals surface area contributed by atoms with E-state index < -0.39 is 6.23 Å².